The third kappa shape index (κ3) is 5.68. The fourth-order valence-electron chi connectivity index (χ4n) is 2.78. The maximum Gasteiger partial charge on any atom is 0.573 e. The molecule has 1 aliphatic heterocycles. The molecule has 2 aromatic rings. The van der Waals surface area contributed by atoms with E-state index in [1.165, 1.54) is 4.90 Å². The van der Waals surface area contributed by atoms with Crippen LogP contribution in [0.3, 0.4) is 0 Å². The summed E-state index contributed by atoms with van der Waals surface area (Å²) < 4.78 is 106. The van der Waals surface area contributed by atoms with Crippen LogP contribution in [0, 0.1) is 0 Å². The average molecular weight is 491 g/mol. The molecule has 0 bridgehead atoms. The average Bonchev–Trinajstić information content (AvgIpc) is 2.66. The van der Waals surface area contributed by atoms with Gasteiger partial charge in [0, 0.05) is 32.2 Å². The number of piperazine rings is 1. The second kappa shape index (κ2) is 8.31. The molecule has 0 unspecified atom stereocenters. The zero-order valence-electron chi connectivity index (χ0n) is 15.3. The Balaban J connectivity index is 1.71. The first kappa shape index (κ1) is 23.3. The summed E-state index contributed by atoms with van der Waals surface area (Å²) in [5.41, 5.74) is -1.22. The van der Waals surface area contributed by atoms with Gasteiger partial charge in [0.25, 0.3) is 0 Å². The number of benzene rings is 1. The molecule has 170 valence electrons. The van der Waals surface area contributed by atoms with E-state index in [4.69, 9.17) is 11.6 Å². The lowest BCUT2D eigenvalue weighted by Crippen LogP contribution is -2.49. The third-order valence-corrected chi connectivity index (χ3v) is 6.30. The van der Waals surface area contributed by atoms with Crippen LogP contribution in [-0.2, 0) is 16.2 Å². The van der Waals surface area contributed by atoms with Crippen molar-refractivity contribution >= 4 is 27.6 Å². The highest BCUT2D eigenvalue weighted by Crippen LogP contribution is 2.31. The second-order valence-corrected chi connectivity index (χ2v) is 8.61. The van der Waals surface area contributed by atoms with Crippen LogP contribution in [0.25, 0.3) is 0 Å². The molecular formula is C16H13ClF6N4O3S. The quantitative estimate of drug-likeness (QED) is 0.482. The molecule has 31 heavy (non-hydrogen) atoms. The Morgan fingerprint density at radius 1 is 0.935 bits per heavy atom. The smallest absolute Gasteiger partial charge is 0.406 e. The van der Waals surface area contributed by atoms with Gasteiger partial charge in [-0.15, -0.1) is 13.2 Å². The molecule has 0 amide bonds. The minimum absolute atomic E-state index is 0.0217. The van der Waals surface area contributed by atoms with Gasteiger partial charge in [-0.05, 0) is 24.3 Å². The van der Waals surface area contributed by atoms with Crippen LogP contribution >= 0.6 is 11.6 Å². The zero-order chi connectivity index (χ0) is 23.0. The first-order valence-corrected chi connectivity index (χ1v) is 10.3. The Kier molecular flexibility index (Phi) is 6.26. The fraction of sp³-hybridized carbons (Fsp3) is 0.375. The first-order chi connectivity index (χ1) is 14.3. The van der Waals surface area contributed by atoms with Crippen LogP contribution in [-0.4, -0.2) is 55.2 Å². The van der Waals surface area contributed by atoms with Crippen LogP contribution in [0.4, 0.5) is 32.3 Å². The van der Waals surface area contributed by atoms with Crippen LogP contribution in [0.1, 0.15) is 5.69 Å². The molecule has 0 N–H and O–H groups in total. The second-order valence-electron chi connectivity index (χ2n) is 6.28. The summed E-state index contributed by atoms with van der Waals surface area (Å²) >= 11 is 5.64. The Morgan fingerprint density at radius 2 is 1.52 bits per heavy atom. The van der Waals surface area contributed by atoms with E-state index in [2.05, 4.69) is 14.7 Å². The van der Waals surface area contributed by atoms with Gasteiger partial charge in [0.1, 0.15) is 10.9 Å². The number of ether oxygens (including phenoxy) is 1. The highest BCUT2D eigenvalue weighted by molar-refractivity contribution is 7.89. The molecule has 0 atom stereocenters. The summed E-state index contributed by atoms with van der Waals surface area (Å²) in [5, 5.41) is -0.409. The number of aromatic nitrogens is 2. The van der Waals surface area contributed by atoms with Gasteiger partial charge in [0.15, 0.2) is 5.69 Å². The van der Waals surface area contributed by atoms with Gasteiger partial charge in [-0.1, -0.05) is 11.6 Å². The van der Waals surface area contributed by atoms with Gasteiger partial charge >= 0.3 is 12.5 Å². The predicted octanol–water partition coefficient (Wildman–Crippen LogP) is 3.56. The largest absolute Gasteiger partial charge is 0.573 e. The number of anilines is 1. The van der Waals surface area contributed by atoms with Gasteiger partial charge in [-0.2, -0.15) is 17.5 Å². The summed E-state index contributed by atoms with van der Waals surface area (Å²) in [7, 11) is -4.04. The van der Waals surface area contributed by atoms with E-state index in [-0.39, 0.29) is 37.0 Å². The highest BCUT2D eigenvalue weighted by atomic mass is 35.5. The normalized spacial score (nSPS) is 16.4. The summed E-state index contributed by atoms with van der Waals surface area (Å²) in [6.07, 6.45) is -9.64. The van der Waals surface area contributed by atoms with Crippen molar-refractivity contribution in [3.05, 3.63) is 41.2 Å². The predicted molar refractivity (Wildman–Crippen MR) is 96.1 cm³/mol. The summed E-state index contributed by atoms with van der Waals surface area (Å²) in [6, 6.07) is 4.26. The molecule has 1 aliphatic rings. The Morgan fingerprint density at radius 3 is 2.03 bits per heavy atom. The van der Waals surface area contributed by atoms with E-state index < -0.39 is 39.2 Å². The minimum atomic E-state index is -4.91. The SMILES string of the molecule is O=S(=O)(c1ccc(OC(F)(F)F)cc1)N1CCN(c2nc(Cl)cc(C(F)(F)F)n2)CC1. The highest BCUT2D eigenvalue weighted by Gasteiger charge is 2.35. The summed E-state index contributed by atoms with van der Waals surface area (Å²) in [4.78, 5) is 8.31. The molecule has 1 aromatic heterocycles. The van der Waals surface area contributed by atoms with Gasteiger partial charge < -0.3 is 9.64 Å². The molecule has 1 aromatic carbocycles. The molecule has 3 rings (SSSR count). The van der Waals surface area contributed by atoms with E-state index in [9.17, 15) is 34.8 Å². The molecule has 0 radical (unpaired) electrons. The third-order valence-electron chi connectivity index (χ3n) is 4.19. The van der Waals surface area contributed by atoms with Crippen LogP contribution in [0.5, 0.6) is 5.75 Å². The Hall–Kier alpha value is -2.32. The maximum atomic E-state index is 12.9. The molecule has 0 spiro atoms. The number of alkyl halides is 6. The van der Waals surface area contributed by atoms with E-state index in [0.717, 1.165) is 28.6 Å². The van der Waals surface area contributed by atoms with Crippen molar-refractivity contribution in [2.24, 2.45) is 0 Å². The van der Waals surface area contributed by atoms with Crippen LogP contribution in [0.15, 0.2) is 35.2 Å². The Bertz CT molecular complexity index is 1040. The number of rotatable bonds is 4. The van der Waals surface area contributed by atoms with Gasteiger partial charge in [0.05, 0.1) is 4.90 Å². The summed E-state index contributed by atoms with van der Waals surface area (Å²) in [6.45, 7) is -0.265. The lowest BCUT2D eigenvalue weighted by atomic mass is 10.3. The van der Waals surface area contributed by atoms with Crippen molar-refractivity contribution in [2.75, 3.05) is 31.1 Å². The van der Waals surface area contributed by atoms with Crippen molar-refractivity contribution in [2.45, 2.75) is 17.4 Å². The van der Waals surface area contributed by atoms with Gasteiger partial charge in [-0.25, -0.2) is 18.4 Å². The van der Waals surface area contributed by atoms with E-state index >= 15 is 0 Å². The van der Waals surface area contributed by atoms with E-state index in [1.54, 1.807) is 0 Å². The van der Waals surface area contributed by atoms with Crippen molar-refractivity contribution in [1.29, 1.82) is 0 Å². The number of hydrogen-bond acceptors (Lipinski definition) is 6. The Labute approximate surface area is 177 Å². The molecule has 15 heteroatoms. The lowest BCUT2D eigenvalue weighted by Gasteiger charge is -2.34. The topological polar surface area (TPSA) is 75.6 Å². The van der Waals surface area contributed by atoms with Crippen LogP contribution < -0.4 is 9.64 Å². The van der Waals surface area contributed by atoms with Crippen molar-refractivity contribution in [3.63, 3.8) is 0 Å². The number of nitrogens with zero attached hydrogens (tertiary/aromatic N) is 4. The standard InChI is InChI=1S/C16H13ClF6N4O3S/c17-13-9-12(15(18,19)20)24-14(25-13)26-5-7-27(8-6-26)31(28,29)11-3-1-10(2-4-11)30-16(21,22)23/h1-4,9H,5-8H2. The summed E-state index contributed by atoms with van der Waals surface area (Å²) in [5.74, 6) is -0.861. The first-order valence-electron chi connectivity index (χ1n) is 8.48. The zero-order valence-corrected chi connectivity index (χ0v) is 16.9. The van der Waals surface area contributed by atoms with Gasteiger partial charge in [-0.3, -0.25) is 0 Å². The van der Waals surface area contributed by atoms with E-state index in [1.807, 2.05) is 0 Å². The molecule has 1 fully saturated rings. The van der Waals surface area contributed by atoms with Crippen LogP contribution in [0.2, 0.25) is 5.15 Å². The van der Waals surface area contributed by atoms with Crippen molar-refractivity contribution in [3.8, 4) is 5.75 Å². The maximum absolute atomic E-state index is 12.9. The molecule has 0 aliphatic carbocycles. The minimum Gasteiger partial charge on any atom is -0.406 e. The number of hydrogen-bond donors (Lipinski definition) is 0. The van der Waals surface area contributed by atoms with Crippen molar-refractivity contribution < 1.29 is 39.5 Å². The van der Waals surface area contributed by atoms with Crippen molar-refractivity contribution in [1.82, 2.24) is 14.3 Å². The number of sulfonamides is 1. The molecule has 0 saturated carbocycles. The number of halogens is 7. The molecule has 7 nitrogen and oxygen atoms in total. The monoisotopic (exact) mass is 490 g/mol. The fourth-order valence-corrected chi connectivity index (χ4v) is 4.38. The molecular weight excluding hydrogens is 478 g/mol. The van der Waals surface area contributed by atoms with Gasteiger partial charge in [0.2, 0.25) is 16.0 Å². The lowest BCUT2D eigenvalue weighted by molar-refractivity contribution is -0.274. The molecule has 1 saturated heterocycles. The molecule has 2 heterocycles. The van der Waals surface area contributed by atoms with E-state index in [0.29, 0.717) is 6.07 Å².